The number of thiazole rings is 1. The van der Waals surface area contributed by atoms with Crippen LogP contribution in [0.1, 0.15) is 10.4 Å². The topological polar surface area (TPSA) is 24.9 Å². The Balaban J connectivity index is 1.44. The molecular formula is C15H16N2S3. The van der Waals surface area contributed by atoms with Gasteiger partial charge in [0.2, 0.25) is 0 Å². The Morgan fingerprint density at radius 2 is 2.15 bits per heavy atom. The van der Waals surface area contributed by atoms with E-state index in [2.05, 4.69) is 46.9 Å². The maximum absolute atomic E-state index is 4.63. The van der Waals surface area contributed by atoms with E-state index in [1.807, 2.05) is 29.2 Å². The molecule has 2 heterocycles. The molecule has 0 saturated carbocycles. The highest BCUT2D eigenvalue weighted by Crippen LogP contribution is 2.28. The molecule has 20 heavy (non-hydrogen) atoms. The second-order valence-electron chi connectivity index (χ2n) is 4.50. The Labute approximate surface area is 131 Å². The lowest BCUT2D eigenvalue weighted by molar-refractivity contribution is 0.738. The summed E-state index contributed by atoms with van der Waals surface area (Å²) < 4.78 is 2.44. The molecule has 0 fully saturated rings. The van der Waals surface area contributed by atoms with Gasteiger partial charge in [0.1, 0.15) is 0 Å². The molecule has 0 spiro atoms. The van der Waals surface area contributed by atoms with Gasteiger partial charge in [-0.15, -0.1) is 22.7 Å². The maximum Gasteiger partial charge on any atom is 0.151 e. The number of fused-ring (bicyclic) bond motifs is 1. The molecule has 0 bridgehead atoms. The molecule has 0 atom stereocenters. The average molecular weight is 321 g/mol. The Hall–Kier alpha value is -0.880. The van der Waals surface area contributed by atoms with Crippen LogP contribution in [0.15, 0.2) is 40.1 Å². The normalized spacial score (nSPS) is 11.2. The van der Waals surface area contributed by atoms with Gasteiger partial charge < -0.3 is 5.32 Å². The molecule has 0 unspecified atom stereocenters. The summed E-state index contributed by atoms with van der Waals surface area (Å²) in [5.74, 6) is 1.06. The molecule has 104 valence electrons. The van der Waals surface area contributed by atoms with Crippen LogP contribution in [0.25, 0.3) is 10.2 Å². The van der Waals surface area contributed by atoms with Crippen LogP contribution < -0.4 is 5.32 Å². The smallest absolute Gasteiger partial charge is 0.151 e. The minimum absolute atomic E-state index is 0.976. The molecule has 2 nitrogen and oxygen atoms in total. The highest BCUT2D eigenvalue weighted by atomic mass is 32.2. The zero-order valence-corrected chi connectivity index (χ0v) is 13.7. The summed E-state index contributed by atoms with van der Waals surface area (Å²) in [5, 5.41) is 5.65. The van der Waals surface area contributed by atoms with Crippen molar-refractivity contribution in [3.8, 4) is 0 Å². The molecule has 3 rings (SSSR count). The lowest BCUT2D eigenvalue weighted by atomic mass is 10.3. The summed E-state index contributed by atoms with van der Waals surface area (Å²) in [6.07, 6.45) is 0. The maximum atomic E-state index is 4.63. The Morgan fingerprint density at radius 1 is 1.25 bits per heavy atom. The number of thioether (sulfide) groups is 1. The molecule has 0 radical (unpaired) electrons. The number of aryl methyl sites for hydroxylation is 1. The number of nitrogens with zero attached hydrogens (tertiary/aromatic N) is 1. The monoisotopic (exact) mass is 320 g/mol. The molecular weight excluding hydrogens is 304 g/mol. The molecule has 0 aliphatic rings. The van der Waals surface area contributed by atoms with Gasteiger partial charge in [0.05, 0.1) is 10.2 Å². The van der Waals surface area contributed by atoms with E-state index in [9.17, 15) is 0 Å². The van der Waals surface area contributed by atoms with Crippen molar-refractivity contribution in [2.45, 2.75) is 17.8 Å². The van der Waals surface area contributed by atoms with E-state index in [-0.39, 0.29) is 0 Å². The molecule has 1 aromatic carbocycles. The van der Waals surface area contributed by atoms with Crippen LogP contribution in [0.2, 0.25) is 0 Å². The summed E-state index contributed by atoms with van der Waals surface area (Å²) in [5.41, 5.74) is 2.50. The Bertz CT molecular complexity index is 654. The van der Waals surface area contributed by atoms with E-state index in [4.69, 9.17) is 0 Å². The molecule has 5 heteroatoms. The molecule has 2 aromatic heterocycles. The zero-order chi connectivity index (χ0) is 13.8. The van der Waals surface area contributed by atoms with Gasteiger partial charge in [0.25, 0.3) is 0 Å². The fourth-order valence-corrected chi connectivity index (χ4v) is 4.82. The zero-order valence-electron chi connectivity index (χ0n) is 11.3. The summed E-state index contributed by atoms with van der Waals surface area (Å²) in [6.45, 7) is 4.16. The van der Waals surface area contributed by atoms with Crippen LogP contribution in [-0.4, -0.2) is 17.3 Å². The standard InChI is InChI=1S/C15H16N2S3/c1-11-6-8-18-14(11)10-16-7-9-19-15-17-12-4-2-3-5-13(12)20-15/h2-6,8,16H,7,9-10H2,1H3. The summed E-state index contributed by atoms with van der Waals surface area (Å²) in [4.78, 5) is 6.07. The lowest BCUT2D eigenvalue weighted by Gasteiger charge is -2.02. The van der Waals surface area contributed by atoms with Crippen molar-refractivity contribution in [1.82, 2.24) is 10.3 Å². The number of thiophene rings is 1. The minimum Gasteiger partial charge on any atom is -0.311 e. The van der Waals surface area contributed by atoms with Crippen molar-refractivity contribution >= 4 is 44.7 Å². The number of rotatable bonds is 6. The first-order chi connectivity index (χ1) is 9.83. The second-order valence-corrected chi connectivity index (χ2v) is 7.87. The van der Waals surface area contributed by atoms with Crippen LogP contribution in [0, 0.1) is 6.92 Å². The first-order valence-corrected chi connectivity index (χ1v) is 9.23. The molecule has 0 aliphatic carbocycles. The van der Waals surface area contributed by atoms with Gasteiger partial charge in [-0.3, -0.25) is 0 Å². The number of hydrogen-bond donors (Lipinski definition) is 1. The van der Waals surface area contributed by atoms with Gasteiger partial charge in [-0.25, -0.2) is 4.98 Å². The van der Waals surface area contributed by atoms with E-state index in [1.54, 1.807) is 11.3 Å². The van der Waals surface area contributed by atoms with E-state index in [0.29, 0.717) is 0 Å². The van der Waals surface area contributed by atoms with Crippen molar-refractivity contribution in [2.75, 3.05) is 12.3 Å². The fourth-order valence-electron chi connectivity index (χ4n) is 1.91. The second kappa shape index (κ2) is 6.72. The van der Waals surface area contributed by atoms with Crippen LogP contribution in [0.4, 0.5) is 0 Å². The number of hydrogen-bond acceptors (Lipinski definition) is 5. The summed E-state index contributed by atoms with van der Waals surface area (Å²) in [6, 6.07) is 10.5. The molecule has 3 aromatic rings. The predicted octanol–water partition coefficient (Wildman–Crippen LogP) is 4.55. The van der Waals surface area contributed by atoms with E-state index in [1.165, 1.54) is 19.5 Å². The van der Waals surface area contributed by atoms with E-state index in [0.717, 1.165) is 24.4 Å². The fraction of sp³-hybridized carbons (Fsp3) is 0.267. The van der Waals surface area contributed by atoms with Gasteiger partial charge in [0.15, 0.2) is 4.34 Å². The van der Waals surface area contributed by atoms with Crippen molar-refractivity contribution < 1.29 is 0 Å². The molecule has 1 N–H and O–H groups in total. The Morgan fingerprint density at radius 3 is 2.95 bits per heavy atom. The molecule has 0 amide bonds. The molecule has 0 saturated heterocycles. The van der Waals surface area contributed by atoms with Crippen LogP contribution in [0.5, 0.6) is 0 Å². The van der Waals surface area contributed by atoms with Gasteiger partial charge >= 0.3 is 0 Å². The first kappa shape index (κ1) is 14.1. The number of aromatic nitrogens is 1. The van der Waals surface area contributed by atoms with Crippen molar-refractivity contribution in [3.63, 3.8) is 0 Å². The Kier molecular flexibility index (Phi) is 4.73. The largest absolute Gasteiger partial charge is 0.311 e. The number of benzene rings is 1. The van der Waals surface area contributed by atoms with Gasteiger partial charge in [-0.05, 0) is 36.1 Å². The highest BCUT2D eigenvalue weighted by Gasteiger charge is 2.03. The van der Waals surface area contributed by atoms with Crippen molar-refractivity contribution in [2.24, 2.45) is 0 Å². The minimum atomic E-state index is 0.976. The average Bonchev–Trinajstić information content (AvgIpc) is 3.04. The predicted molar refractivity (Wildman–Crippen MR) is 91.1 cm³/mol. The van der Waals surface area contributed by atoms with E-state index < -0.39 is 0 Å². The quantitative estimate of drug-likeness (QED) is 0.533. The van der Waals surface area contributed by atoms with Crippen molar-refractivity contribution in [3.05, 3.63) is 46.2 Å². The first-order valence-electron chi connectivity index (χ1n) is 6.55. The summed E-state index contributed by atoms with van der Waals surface area (Å²) >= 11 is 5.44. The van der Waals surface area contributed by atoms with Crippen LogP contribution in [0.3, 0.4) is 0 Å². The number of para-hydroxylation sites is 1. The summed E-state index contributed by atoms with van der Waals surface area (Å²) in [7, 11) is 0. The molecule has 0 aliphatic heterocycles. The SMILES string of the molecule is Cc1ccsc1CNCCSc1nc2ccccc2s1. The third kappa shape index (κ3) is 3.41. The highest BCUT2D eigenvalue weighted by molar-refractivity contribution is 8.01. The number of nitrogens with one attached hydrogen (secondary N) is 1. The lowest BCUT2D eigenvalue weighted by Crippen LogP contribution is -2.16. The van der Waals surface area contributed by atoms with Crippen LogP contribution >= 0.6 is 34.4 Å². The van der Waals surface area contributed by atoms with Gasteiger partial charge in [0, 0.05) is 23.7 Å². The third-order valence-corrected chi connectivity index (χ3v) is 6.24. The third-order valence-electron chi connectivity index (χ3n) is 3.03. The van der Waals surface area contributed by atoms with Crippen molar-refractivity contribution in [1.29, 1.82) is 0 Å². The van der Waals surface area contributed by atoms with E-state index >= 15 is 0 Å². The van der Waals surface area contributed by atoms with Gasteiger partial charge in [-0.2, -0.15) is 0 Å². The van der Waals surface area contributed by atoms with Gasteiger partial charge in [-0.1, -0.05) is 23.9 Å². The van der Waals surface area contributed by atoms with Crippen LogP contribution in [-0.2, 0) is 6.54 Å².